The molecule has 2 rings (SSSR count). The molecule has 0 spiro atoms. The van der Waals surface area contributed by atoms with E-state index in [1.807, 2.05) is 0 Å². The molecular formula is C10H9Cl2N3O3S. The first-order valence-electron chi connectivity index (χ1n) is 5.08. The Labute approximate surface area is 119 Å². The van der Waals surface area contributed by atoms with Crippen molar-refractivity contribution in [3.63, 3.8) is 0 Å². The van der Waals surface area contributed by atoms with Crippen LogP contribution in [-0.2, 0) is 22.7 Å². The molecule has 0 bridgehead atoms. The maximum Gasteiger partial charge on any atom is 0.265 e. The summed E-state index contributed by atoms with van der Waals surface area (Å²) in [6, 6.07) is 4.18. The summed E-state index contributed by atoms with van der Waals surface area (Å²) in [5.41, 5.74) is 0.565. The number of hydrogen-bond donors (Lipinski definition) is 0. The zero-order valence-electron chi connectivity index (χ0n) is 9.75. The van der Waals surface area contributed by atoms with E-state index in [2.05, 4.69) is 10.3 Å². The zero-order chi connectivity index (χ0) is 14.0. The van der Waals surface area contributed by atoms with Crippen molar-refractivity contribution in [3.8, 4) is 5.75 Å². The number of aryl methyl sites for hydroxylation is 1. The molecule has 2 aromatic rings. The van der Waals surface area contributed by atoms with Gasteiger partial charge in [0.1, 0.15) is 22.9 Å². The van der Waals surface area contributed by atoms with Gasteiger partial charge in [-0.1, -0.05) is 16.8 Å². The number of nitrogens with zero attached hydrogens (tertiary/aromatic N) is 3. The molecule has 0 saturated carbocycles. The Bertz CT molecular complexity index is 700. The van der Waals surface area contributed by atoms with Crippen molar-refractivity contribution in [3.05, 3.63) is 35.1 Å². The quantitative estimate of drug-likeness (QED) is 0.805. The maximum absolute atomic E-state index is 11.4. The van der Waals surface area contributed by atoms with Crippen LogP contribution in [0.1, 0.15) is 5.69 Å². The van der Waals surface area contributed by atoms with Crippen LogP contribution in [0.3, 0.4) is 0 Å². The van der Waals surface area contributed by atoms with Gasteiger partial charge in [-0.2, -0.15) is 0 Å². The highest BCUT2D eigenvalue weighted by Crippen LogP contribution is 2.30. The Morgan fingerprint density at radius 3 is 2.74 bits per heavy atom. The largest absolute Gasteiger partial charge is 0.486 e. The van der Waals surface area contributed by atoms with Crippen molar-refractivity contribution in [1.82, 2.24) is 15.0 Å². The van der Waals surface area contributed by atoms with Gasteiger partial charge in [-0.3, -0.25) is 4.68 Å². The van der Waals surface area contributed by atoms with Gasteiger partial charge in [-0.15, -0.1) is 5.10 Å². The molecule has 9 heteroatoms. The molecule has 0 fully saturated rings. The van der Waals surface area contributed by atoms with Gasteiger partial charge in [0, 0.05) is 22.8 Å². The van der Waals surface area contributed by atoms with Gasteiger partial charge < -0.3 is 4.74 Å². The van der Waals surface area contributed by atoms with E-state index < -0.39 is 9.05 Å². The lowest BCUT2D eigenvalue weighted by Crippen LogP contribution is -2.01. The summed E-state index contributed by atoms with van der Waals surface area (Å²) in [6.07, 6.45) is 1.66. The summed E-state index contributed by atoms with van der Waals surface area (Å²) in [7, 11) is 3.11. The van der Waals surface area contributed by atoms with Crippen LogP contribution in [0, 0.1) is 0 Å². The Hall–Kier alpha value is -1.31. The van der Waals surface area contributed by atoms with E-state index in [-0.39, 0.29) is 22.3 Å². The third-order valence-electron chi connectivity index (χ3n) is 2.19. The number of ether oxygens (including phenoxy) is 1. The lowest BCUT2D eigenvalue weighted by atomic mass is 10.3. The first kappa shape index (κ1) is 14.1. The third-order valence-corrected chi connectivity index (χ3v) is 3.77. The van der Waals surface area contributed by atoms with Crippen LogP contribution in [0.2, 0.25) is 5.02 Å². The Balaban J connectivity index is 2.25. The summed E-state index contributed by atoms with van der Waals surface area (Å²) in [5.74, 6) is 0.116. The van der Waals surface area contributed by atoms with E-state index in [1.165, 1.54) is 22.9 Å². The van der Waals surface area contributed by atoms with Crippen molar-refractivity contribution >= 4 is 31.3 Å². The van der Waals surface area contributed by atoms with Crippen LogP contribution in [0.15, 0.2) is 29.3 Å². The van der Waals surface area contributed by atoms with Crippen molar-refractivity contribution < 1.29 is 13.2 Å². The fourth-order valence-electron chi connectivity index (χ4n) is 1.40. The summed E-state index contributed by atoms with van der Waals surface area (Å²) in [4.78, 5) is -0.175. The molecule has 0 unspecified atom stereocenters. The van der Waals surface area contributed by atoms with E-state index in [1.54, 1.807) is 13.2 Å². The average Bonchev–Trinajstić information content (AvgIpc) is 2.72. The second-order valence-corrected chi connectivity index (χ2v) is 6.67. The smallest absolute Gasteiger partial charge is 0.265 e. The minimum Gasteiger partial charge on any atom is -0.486 e. The molecule has 0 N–H and O–H groups in total. The molecule has 102 valence electrons. The first-order chi connectivity index (χ1) is 8.86. The van der Waals surface area contributed by atoms with Gasteiger partial charge in [0.05, 0.1) is 6.20 Å². The van der Waals surface area contributed by atoms with Gasteiger partial charge in [0.2, 0.25) is 0 Å². The second-order valence-electron chi connectivity index (χ2n) is 3.70. The van der Waals surface area contributed by atoms with E-state index in [0.717, 1.165) is 0 Å². The van der Waals surface area contributed by atoms with Crippen LogP contribution in [0.4, 0.5) is 0 Å². The van der Waals surface area contributed by atoms with Crippen LogP contribution in [0.5, 0.6) is 5.75 Å². The standard InChI is InChI=1S/C10H9Cl2N3O3S/c1-15-5-8(13-14-15)6-18-9-3-2-7(11)4-10(9)19(12,16)17/h2-5H,6H2,1H3. The Morgan fingerprint density at radius 1 is 1.42 bits per heavy atom. The highest BCUT2D eigenvalue weighted by Gasteiger charge is 2.18. The number of hydrogen-bond acceptors (Lipinski definition) is 5. The third kappa shape index (κ3) is 3.59. The molecule has 19 heavy (non-hydrogen) atoms. The maximum atomic E-state index is 11.4. The minimum atomic E-state index is -3.93. The molecule has 0 aliphatic rings. The molecule has 0 atom stereocenters. The van der Waals surface area contributed by atoms with Crippen LogP contribution in [0.25, 0.3) is 0 Å². The predicted octanol–water partition coefficient (Wildman–Crippen LogP) is 1.97. The monoisotopic (exact) mass is 321 g/mol. The Kier molecular flexibility index (Phi) is 3.98. The summed E-state index contributed by atoms with van der Waals surface area (Å²) in [5, 5.41) is 7.81. The topological polar surface area (TPSA) is 74.1 Å². The van der Waals surface area contributed by atoms with Crippen molar-refractivity contribution in [2.75, 3.05) is 0 Å². The molecule has 0 aliphatic carbocycles. The Morgan fingerprint density at radius 2 is 2.16 bits per heavy atom. The van der Waals surface area contributed by atoms with Gasteiger partial charge in [-0.25, -0.2) is 8.42 Å². The number of aromatic nitrogens is 3. The van der Waals surface area contributed by atoms with E-state index in [9.17, 15) is 8.42 Å². The lowest BCUT2D eigenvalue weighted by Gasteiger charge is -2.08. The fraction of sp³-hybridized carbons (Fsp3) is 0.200. The van der Waals surface area contributed by atoms with Gasteiger partial charge in [-0.05, 0) is 18.2 Å². The summed E-state index contributed by atoms with van der Waals surface area (Å²) >= 11 is 5.74. The SMILES string of the molecule is Cn1cc(COc2ccc(Cl)cc2S(=O)(=O)Cl)nn1. The second kappa shape index (κ2) is 5.36. The fourth-order valence-corrected chi connectivity index (χ4v) is 2.64. The first-order valence-corrected chi connectivity index (χ1v) is 7.77. The number of rotatable bonds is 4. The summed E-state index contributed by atoms with van der Waals surface area (Å²) in [6.45, 7) is 0.0783. The normalized spacial score (nSPS) is 11.5. The van der Waals surface area contributed by atoms with E-state index in [0.29, 0.717) is 5.69 Å². The van der Waals surface area contributed by atoms with Gasteiger partial charge >= 0.3 is 0 Å². The molecule has 1 heterocycles. The van der Waals surface area contributed by atoms with Crippen molar-refractivity contribution in [1.29, 1.82) is 0 Å². The summed E-state index contributed by atoms with van der Waals surface area (Å²) < 4.78 is 29.7. The highest BCUT2D eigenvalue weighted by molar-refractivity contribution is 8.13. The van der Waals surface area contributed by atoms with Gasteiger partial charge in [0.25, 0.3) is 9.05 Å². The molecule has 0 aliphatic heterocycles. The van der Waals surface area contributed by atoms with Crippen LogP contribution >= 0.6 is 22.3 Å². The van der Waals surface area contributed by atoms with E-state index in [4.69, 9.17) is 27.0 Å². The lowest BCUT2D eigenvalue weighted by molar-refractivity contribution is 0.293. The molecule has 0 amide bonds. The van der Waals surface area contributed by atoms with Crippen molar-refractivity contribution in [2.45, 2.75) is 11.5 Å². The van der Waals surface area contributed by atoms with Gasteiger partial charge in [0.15, 0.2) is 0 Å². The molecule has 1 aromatic carbocycles. The molecular weight excluding hydrogens is 313 g/mol. The average molecular weight is 322 g/mol. The van der Waals surface area contributed by atoms with Crippen LogP contribution < -0.4 is 4.74 Å². The van der Waals surface area contributed by atoms with E-state index >= 15 is 0 Å². The number of benzene rings is 1. The zero-order valence-corrected chi connectivity index (χ0v) is 12.1. The molecule has 0 radical (unpaired) electrons. The minimum absolute atomic E-state index is 0.0783. The molecule has 1 aromatic heterocycles. The predicted molar refractivity (Wildman–Crippen MR) is 69.8 cm³/mol. The highest BCUT2D eigenvalue weighted by atomic mass is 35.7. The number of halogens is 2. The van der Waals surface area contributed by atoms with Crippen molar-refractivity contribution in [2.24, 2.45) is 7.05 Å². The molecule has 6 nitrogen and oxygen atoms in total. The molecule has 0 saturated heterocycles. The van der Waals surface area contributed by atoms with Crippen LogP contribution in [-0.4, -0.2) is 23.4 Å².